The fraction of sp³-hybridized carbons (Fsp3) is 0.243. The van der Waals surface area contributed by atoms with Gasteiger partial charge in [0.25, 0.3) is 5.91 Å². The number of aliphatic imine (C=N–C) groups is 1. The Hall–Kier alpha value is -5.15. The molecule has 9 heteroatoms. The first-order valence-electron chi connectivity index (χ1n) is 15.3. The zero-order valence-corrected chi connectivity index (χ0v) is 25.3. The Morgan fingerprint density at radius 2 is 1.54 bits per heavy atom. The molecule has 46 heavy (non-hydrogen) atoms. The number of aryl methyl sites for hydroxylation is 1. The van der Waals surface area contributed by atoms with E-state index in [0.717, 1.165) is 22.4 Å². The van der Waals surface area contributed by atoms with Gasteiger partial charge in [-0.3, -0.25) is 9.59 Å². The van der Waals surface area contributed by atoms with Crippen LogP contribution in [-0.4, -0.2) is 56.2 Å². The number of hydrogen-bond acceptors (Lipinski definition) is 5. The summed E-state index contributed by atoms with van der Waals surface area (Å²) in [7, 11) is 0. The van der Waals surface area contributed by atoms with E-state index in [2.05, 4.69) is 0 Å². The Balaban J connectivity index is 1.26. The smallest absolute Gasteiger partial charge is 0.414 e. The molecule has 3 atom stereocenters. The molecule has 6 rings (SSSR count). The number of imide groups is 1. The number of amides is 3. The summed E-state index contributed by atoms with van der Waals surface area (Å²) in [6.45, 7) is 1.11. The molecular weight excluding hydrogens is 585 g/mol. The van der Waals surface area contributed by atoms with E-state index in [-0.39, 0.29) is 18.5 Å². The summed E-state index contributed by atoms with van der Waals surface area (Å²) in [5, 5.41) is 21.8. The molecule has 0 radical (unpaired) electrons. The van der Waals surface area contributed by atoms with E-state index in [0.29, 0.717) is 41.0 Å². The van der Waals surface area contributed by atoms with E-state index >= 15 is 0 Å². The van der Waals surface area contributed by atoms with E-state index in [1.807, 2.05) is 73.7 Å². The molecule has 1 saturated heterocycles. The van der Waals surface area contributed by atoms with Crippen LogP contribution in [0, 0.1) is 5.82 Å². The van der Waals surface area contributed by atoms with Crippen LogP contribution in [0.2, 0.25) is 0 Å². The maximum absolute atomic E-state index is 13.8. The maximum Gasteiger partial charge on any atom is 0.414 e. The summed E-state index contributed by atoms with van der Waals surface area (Å²) in [6.07, 6.45) is -0.0357. The van der Waals surface area contributed by atoms with Gasteiger partial charge in [0.1, 0.15) is 12.4 Å². The van der Waals surface area contributed by atoms with Crippen LogP contribution in [0.15, 0.2) is 108 Å². The summed E-state index contributed by atoms with van der Waals surface area (Å²) >= 11 is 0. The fourth-order valence-electron chi connectivity index (χ4n) is 6.63. The maximum atomic E-state index is 13.8. The van der Waals surface area contributed by atoms with E-state index < -0.39 is 35.9 Å². The van der Waals surface area contributed by atoms with Gasteiger partial charge in [0, 0.05) is 17.2 Å². The van der Waals surface area contributed by atoms with Crippen LogP contribution in [0.25, 0.3) is 0 Å². The average molecular weight is 620 g/mol. The van der Waals surface area contributed by atoms with Crippen LogP contribution in [0.4, 0.5) is 14.9 Å². The van der Waals surface area contributed by atoms with Crippen molar-refractivity contribution in [1.29, 1.82) is 0 Å². The molecule has 3 amide bonds. The third kappa shape index (κ3) is 5.93. The first-order chi connectivity index (χ1) is 22.2. The third-order valence-electron chi connectivity index (χ3n) is 8.96. The quantitative estimate of drug-likeness (QED) is 0.233. The first kappa shape index (κ1) is 30.9. The first-order valence-corrected chi connectivity index (χ1v) is 15.3. The Morgan fingerprint density at radius 1 is 0.913 bits per heavy atom. The lowest BCUT2D eigenvalue weighted by molar-refractivity contribution is -0.153. The highest BCUT2D eigenvalue weighted by Crippen LogP contribution is 2.41. The standard InChI is InChI=1S/C37H34FN3O5/c1-24-12-19-32(25-13-15-29(38)16-14-25)41(24)33(42)23-40(36(44)45)35(43)37(46)21-20-28-22-30(17-18-31(28)37)39-34(26-8-4-2-5-9-26)27-10-6-3-7-11-27/h2-11,13-18,22,24,32,46H,12,19-21,23H2,1H3,(H,44,45)/t24-,32-,37+/m0/s1. The number of benzene rings is 4. The van der Waals surface area contributed by atoms with Gasteiger partial charge in [0.05, 0.1) is 17.4 Å². The number of carboxylic acid groups (broad SMARTS) is 1. The molecule has 1 fully saturated rings. The van der Waals surface area contributed by atoms with Gasteiger partial charge in [-0.2, -0.15) is 0 Å². The number of hydrogen-bond donors (Lipinski definition) is 2. The SMILES string of the molecule is C[C@H]1CC[C@@H](c2ccc(F)cc2)N1C(=O)CN(C(=O)O)C(=O)[C@@]1(O)CCc2cc(N=C(c3ccccc3)c3ccccc3)ccc21. The molecule has 2 N–H and O–H groups in total. The van der Waals surface area contributed by atoms with Crippen molar-refractivity contribution in [2.75, 3.05) is 6.54 Å². The van der Waals surface area contributed by atoms with Gasteiger partial charge in [-0.25, -0.2) is 19.1 Å². The largest absolute Gasteiger partial charge is 0.465 e. The highest BCUT2D eigenvalue weighted by molar-refractivity contribution is 6.14. The second kappa shape index (κ2) is 12.7. The molecule has 1 aliphatic carbocycles. The minimum Gasteiger partial charge on any atom is -0.465 e. The van der Waals surface area contributed by atoms with Crippen molar-refractivity contribution in [3.05, 3.63) is 137 Å². The lowest BCUT2D eigenvalue weighted by Crippen LogP contribution is -2.52. The number of carbonyl (C=O) groups is 3. The predicted octanol–water partition coefficient (Wildman–Crippen LogP) is 6.39. The van der Waals surface area contributed by atoms with Gasteiger partial charge < -0.3 is 15.1 Å². The minimum absolute atomic E-state index is 0.0329. The summed E-state index contributed by atoms with van der Waals surface area (Å²) in [5.41, 5.74) is 2.83. The molecule has 234 valence electrons. The van der Waals surface area contributed by atoms with Crippen LogP contribution < -0.4 is 0 Å². The van der Waals surface area contributed by atoms with Crippen molar-refractivity contribution in [2.45, 2.75) is 50.3 Å². The number of aliphatic hydroxyl groups is 1. The minimum atomic E-state index is -2.12. The Kier molecular flexibility index (Phi) is 8.51. The van der Waals surface area contributed by atoms with Crippen molar-refractivity contribution in [3.8, 4) is 0 Å². The van der Waals surface area contributed by atoms with Crippen molar-refractivity contribution < 1.29 is 29.0 Å². The molecule has 4 aromatic rings. The monoisotopic (exact) mass is 619 g/mol. The zero-order chi connectivity index (χ0) is 32.4. The lowest BCUT2D eigenvalue weighted by Gasteiger charge is -2.32. The molecule has 0 unspecified atom stereocenters. The summed E-state index contributed by atoms with van der Waals surface area (Å²) < 4.78 is 13.5. The Morgan fingerprint density at radius 3 is 2.15 bits per heavy atom. The molecule has 4 aromatic carbocycles. The average Bonchev–Trinajstić information content (AvgIpc) is 3.63. The van der Waals surface area contributed by atoms with Crippen molar-refractivity contribution in [1.82, 2.24) is 9.80 Å². The molecule has 0 saturated carbocycles. The molecule has 0 spiro atoms. The molecule has 2 aliphatic rings. The molecule has 8 nitrogen and oxygen atoms in total. The molecule has 1 heterocycles. The van der Waals surface area contributed by atoms with Crippen molar-refractivity contribution >= 4 is 29.3 Å². The number of fused-ring (bicyclic) bond motifs is 1. The second-order valence-electron chi connectivity index (χ2n) is 11.9. The Labute approximate surface area is 266 Å². The third-order valence-corrected chi connectivity index (χ3v) is 8.96. The van der Waals surface area contributed by atoms with Crippen molar-refractivity contribution in [2.24, 2.45) is 4.99 Å². The van der Waals surface area contributed by atoms with Crippen LogP contribution in [0.1, 0.15) is 60.0 Å². The number of rotatable bonds is 7. The second-order valence-corrected chi connectivity index (χ2v) is 11.9. The Bertz CT molecular complexity index is 1750. The molecule has 0 bridgehead atoms. The van der Waals surface area contributed by atoms with E-state index in [9.17, 15) is 29.0 Å². The van der Waals surface area contributed by atoms with Crippen LogP contribution in [-0.2, 0) is 21.6 Å². The zero-order valence-electron chi connectivity index (χ0n) is 25.3. The van der Waals surface area contributed by atoms with Gasteiger partial charge in [-0.15, -0.1) is 0 Å². The normalized spacial score (nSPS) is 20.2. The number of halogens is 1. The number of likely N-dealkylation sites (tertiary alicyclic amines) is 1. The van der Waals surface area contributed by atoms with Crippen LogP contribution in [0.5, 0.6) is 0 Å². The number of carbonyl (C=O) groups excluding carboxylic acids is 2. The molecular formula is C37H34FN3O5. The van der Waals surface area contributed by atoms with Crippen molar-refractivity contribution in [3.63, 3.8) is 0 Å². The van der Waals surface area contributed by atoms with E-state index in [1.165, 1.54) is 12.1 Å². The van der Waals surface area contributed by atoms with Crippen LogP contribution in [0.3, 0.4) is 0 Å². The molecule has 0 aromatic heterocycles. The molecule has 1 aliphatic heterocycles. The topological polar surface area (TPSA) is 111 Å². The number of nitrogens with zero attached hydrogens (tertiary/aromatic N) is 3. The summed E-state index contributed by atoms with van der Waals surface area (Å²) in [4.78, 5) is 46.6. The summed E-state index contributed by atoms with van der Waals surface area (Å²) in [6, 6.07) is 29.9. The highest BCUT2D eigenvalue weighted by Gasteiger charge is 2.48. The van der Waals surface area contributed by atoms with Gasteiger partial charge in [-0.05, 0) is 73.6 Å². The lowest BCUT2D eigenvalue weighted by atomic mass is 9.94. The van der Waals surface area contributed by atoms with E-state index in [4.69, 9.17) is 4.99 Å². The highest BCUT2D eigenvalue weighted by atomic mass is 19.1. The predicted molar refractivity (Wildman–Crippen MR) is 171 cm³/mol. The summed E-state index contributed by atoms with van der Waals surface area (Å²) in [5.74, 6) is -2.02. The van der Waals surface area contributed by atoms with Gasteiger partial charge in [-0.1, -0.05) is 78.9 Å². The van der Waals surface area contributed by atoms with E-state index in [1.54, 1.807) is 29.2 Å². The van der Waals surface area contributed by atoms with Gasteiger partial charge in [0.2, 0.25) is 5.91 Å². The van der Waals surface area contributed by atoms with Gasteiger partial charge in [0.15, 0.2) is 5.60 Å². The van der Waals surface area contributed by atoms with Gasteiger partial charge >= 0.3 is 6.09 Å². The van der Waals surface area contributed by atoms with Crippen LogP contribution >= 0.6 is 0 Å². The fourth-order valence-corrected chi connectivity index (χ4v) is 6.63.